The Labute approximate surface area is 196 Å². The molecule has 0 spiro atoms. The maximum atomic E-state index is 11.0. The number of para-hydroxylation sites is 1. The molecular formula is C21H25BrN4O2S2. The van der Waals surface area contributed by atoms with Crippen LogP contribution >= 0.6 is 28.1 Å². The first-order chi connectivity index (χ1) is 14.6. The van der Waals surface area contributed by atoms with E-state index in [9.17, 15) is 4.79 Å². The first-order valence-corrected chi connectivity index (χ1v) is 11.3. The number of thiocarbonyl (C=S) groups is 1. The van der Waals surface area contributed by atoms with E-state index in [0.717, 1.165) is 48.0 Å². The lowest BCUT2D eigenvalue weighted by molar-refractivity contribution is 0.173. The molecule has 160 valence electrons. The van der Waals surface area contributed by atoms with Crippen molar-refractivity contribution >= 4 is 57.4 Å². The molecule has 30 heavy (non-hydrogen) atoms. The number of carbonyl (C=O) groups is 1. The molecule has 0 saturated heterocycles. The highest BCUT2D eigenvalue weighted by Crippen LogP contribution is 2.16. The molecule has 0 aliphatic heterocycles. The number of hydrogen-bond donors (Lipinski definition) is 3. The van der Waals surface area contributed by atoms with Gasteiger partial charge in [-0.25, -0.2) is 4.79 Å². The Bertz CT molecular complexity index is 806. The Balaban J connectivity index is 1.79. The standard InChI is InChI=1S/C21H25BrN4O2S2/c22-16-11-13-17(14-12-16)24-21(29)25-19(28-18-8-4-3-5-9-18)10-6-1-2-7-15-23-20(27)26-30/h3-5,8-9,11-14,19H,1-2,6-7,10,15H2,(H,23,27)(H2,24,25,29). The summed E-state index contributed by atoms with van der Waals surface area (Å²) in [7, 11) is 0. The molecule has 1 unspecified atom stereocenters. The van der Waals surface area contributed by atoms with Gasteiger partial charge in [-0.05, 0) is 61.5 Å². The Morgan fingerprint density at radius 2 is 1.73 bits per heavy atom. The van der Waals surface area contributed by atoms with Gasteiger partial charge in [0.2, 0.25) is 0 Å². The number of benzene rings is 2. The summed E-state index contributed by atoms with van der Waals surface area (Å²) in [5, 5.41) is 9.59. The van der Waals surface area contributed by atoms with Crippen LogP contribution in [0.3, 0.4) is 0 Å². The van der Waals surface area contributed by atoms with Gasteiger partial charge in [0.05, 0.1) is 0 Å². The second kappa shape index (κ2) is 14.0. The van der Waals surface area contributed by atoms with Crippen molar-refractivity contribution in [1.82, 2.24) is 10.6 Å². The molecule has 0 aliphatic rings. The molecule has 2 amide bonds. The summed E-state index contributed by atoms with van der Waals surface area (Å²) in [4.78, 5) is 11.0. The average molecular weight is 509 g/mol. The van der Waals surface area contributed by atoms with E-state index >= 15 is 0 Å². The fourth-order valence-corrected chi connectivity index (χ4v) is 3.28. The zero-order valence-corrected chi connectivity index (χ0v) is 19.7. The third-order valence-corrected chi connectivity index (χ3v) is 5.08. The molecule has 0 bridgehead atoms. The van der Waals surface area contributed by atoms with Gasteiger partial charge in [-0.3, -0.25) is 0 Å². The number of unbranched alkanes of at least 4 members (excludes halogenated alkanes) is 3. The van der Waals surface area contributed by atoms with Crippen molar-refractivity contribution in [3.8, 4) is 5.75 Å². The van der Waals surface area contributed by atoms with Crippen LogP contribution in [-0.2, 0) is 12.4 Å². The average Bonchev–Trinajstić information content (AvgIpc) is 2.75. The van der Waals surface area contributed by atoms with E-state index in [1.54, 1.807) is 0 Å². The first kappa shape index (κ1) is 24.2. The molecule has 3 N–H and O–H groups in total. The van der Waals surface area contributed by atoms with Gasteiger partial charge in [0.25, 0.3) is 0 Å². The number of rotatable bonds is 11. The highest BCUT2D eigenvalue weighted by Gasteiger charge is 2.12. The summed E-state index contributed by atoms with van der Waals surface area (Å²) in [6.45, 7) is 0.586. The maximum Gasteiger partial charge on any atom is 0.352 e. The lowest BCUT2D eigenvalue weighted by Crippen LogP contribution is -2.41. The summed E-state index contributed by atoms with van der Waals surface area (Å²) in [6.07, 6.45) is 4.41. The zero-order chi connectivity index (χ0) is 21.6. The number of nitrogens with zero attached hydrogens (tertiary/aromatic N) is 1. The number of halogens is 1. The summed E-state index contributed by atoms with van der Waals surface area (Å²) in [6, 6.07) is 17.0. The molecule has 2 rings (SSSR count). The summed E-state index contributed by atoms with van der Waals surface area (Å²) < 4.78 is 10.2. The smallest absolute Gasteiger partial charge is 0.352 e. The molecule has 1 atom stereocenters. The van der Waals surface area contributed by atoms with E-state index in [-0.39, 0.29) is 6.23 Å². The van der Waals surface area contributed by atoms with Crippen LogP contribution in [-0.4, -0.2) is 23.9 Å². The third kappa shape index (κ3) is 10.1. The topological polar surface area (TPSA) is 74.8 Å². The Kier molecular flexibility index (Phi) is 11.3. The molecule has 2 aromatic rings. The first-order valence-electron chi connectivity index (χ1n) is 9.73. The highest BCUT2D eigenvalue weighted by atomic mass is 79.9. The van der Waals surface area contributed by atoms with Gasteiger partial charge in [0.15, 0.2) is 11.3 Å². The van der Waals surface area contributed by atoms with Crippen LogP contribution < -0.4 is 20.7 Å². The minimum atomic E-state index is -0.447. The Morgan fingerprint density at radius 1 is 1.03 bits per heavy atom. The van der Waals surface area contributed by atoms with Crippen LogP contribution in [0.4, 0.5) is 10.5 Å². The molecule has 2 aromatic carbocycles. The number of urea groups is 1. The maximum absolute atomic E-state index is 11.0. The predicted molar refractivity (Wildman–Crippen MR) is 131 cm³/mol. The van der Waals surface area contributed by atoms with Gasteiger partial charge in [-0.15, -0.1) is 4.36 Å². The van der Waals surface area contributed by atoms with Crippen molar-refractivity contribution in [2.75, 3.05) is 11.9 Å². The van der Waals surface area contributed by atoms with Gasteiger partial charge in [-0.2, -0.15) is 0 Å². The quantitative estimate of drug-likeness (QED) is 0.210. The van der Waals surface area contributed by atoms with Gasteiger partial charge < -0.3 is 20.7 Å². The molecule has 0 heterocycles. The molecule has 9 heteroatoms. The number of ether oxygens (including phenoxy) is 1. The van der Waals surface area contributed by atoms with E-state index in [4.69, 9.17) is 17.0 Å². The van der Waals surface area contributed by atoms with Crippen molar-refractivity contribution in [1.29, 1.82) is 0 Å². The van der Waals surface area contributed by atoms with Crippen LogP contribution in [0.25, 0.3) is 0 Å². The van der Waals surface area contributed by atoms with Crippen molar-refractivity contribution in [3.63, 3.8) is 0 Å². The van der Waals surface area contributed by atoms with E-state index < -0.39 is 6.03 Å². The van der Waals surface area contributed by atoms with E-state index in [0.29, 0.717) is 11.7 Å². The molecule has 6 nitrogen and oxygen atoms in total. The SMILES string of the molecule is O=C(N=S)NCCCCCCC(NC(=S)Nc1ccc(Br)cc1)Oc1ccccc1. The van der Waals surface area contributed by atoms with E-state index in [2.05, 4.69) is 48.7 Å². The van der Waals surface area contributed by atoms with Crippen LogP contribution in [0.5, 0.6) is 5.75 Å². The molecular weight excluding hydrogens is 484 g/mol. The van der Waals surface area contributed by atoms with Crippen LogP contribution in [0, 0.1) is 0 Å². The summed E-state index contributed by atoms with van der Waals surface area (Å²) in [5.41, 5.74) is 0.905. The molecule has 0 radical (unpaired) electrons. The minimum Gasteiger partial charge on any atom is -0.471 e. The largest absolute Gasteiger partial charge is 0.471 e. The summed E-state index contributed by atoms with van der Waals surface area (Å²) in [5.74, 6) is 0.789. The fourth-order valence-electron chi connectivity index (χ4n) is 2.71. The van der Waals surface area contributed by atoms with Gasteiger partial charge in [0.1, 0.15) is 5.75 Å². The van der Waals surface area contributed by atoms with Crippen LogP contribution in [0.2, 0.25) is 0 Å². The summed E-state index contributed by atoms with van der Waals surface area (Å²) >= 11 is 13.2. The monoisotopic (exact) mass is 508 g/mol. The predicted octanol–water partition coefficient (Wildman–Crippen LogP) is 5.53. The van der Waals surface area contributed by atoms with Crippen molar-refractivity contribution in [2.24, 2.45) is 4.36 Å². The molecule has 0 aliphatic carbocycles. The van der Waals surface area contributed by atoms with Crippen molar-refractivity contribution < 1.29 is 9.53 Å². The molecule has 0 fully saturated rings. The molecule has 0 saturated carbocycles. The second-order valence-electron chi connectivity index (χ2n) is 6.55. The van der Waals surface area contributed by atoms with E-state index in [1.165, 1.54) is 0 Å². The Morgan fingerprint density at radius 3 is 2.43 bits per heavy atom. The van der Waals surface area contributed by atoms with Crippen LogP contribution in [0.15, 0.2) is 63.4 Å². The number of hydrogen-bond acceptors (Lipinski definition) is 4. The lowest BCUT2D eigenvalue weighted by Gasteiger charge is -2.22. The lowest BCUT2D eigenvalue weighted by atomic mass is 10.1. The zero-order valence-electron chi connectivity index (χ0n) is 16.5. The van der Waals surface area contributed by atoms with E-state index in [1.807, 2.05) is 54.6 Å². The van der Waals surface area contributed by atoms with Gasteiger partial charge >= 0.3 is 6.03 Å². The third-order valence-electron chi connectivity index (χ3n) is 4.17. The normalized spacial score (nSPS) is 11.2. The highest BCUT2D eigenvalue weighted by molar-refractivity contribution is 9.10. The minimum absolute atomic E-state index is 0.249. The van der Waals surface area contributed by atoms with Gasteiger partial charge in [0, 0.05) is 35.6 Å². The number of carbonyl (C=O) groups excluding carboxylic acids is 1. The van der Waals surface area contributed by atoms with Crippen LogP contribution in [0.1, 0.15) is 32.1 Å². The fraction of sp³-hybridized carbons (Fsp3) is 0.333. The van der Waals surface area contributed by atoms with Crippen molar-refractivity contribution in [2.45, 2.75) is 38.3 Å². The Hall–Kier alpha value is -2.10. The molecule has 0 aromatic heterocycles. The number of nitrogens with one attached hydrogen (secondary N) is 3. The van der Waals surface area contributed by atoms with Gasteiger partial charge in [-0.1, -0.05) is 47.0 Å². The van der Waals surface area contributed by atoms with Crippen molar-refractivity contribution in [3.05, 3.63) is 59.1 Å². The number of amides is 2. The number of anilines is 1. The second-order valence-corrected chi connectivity index (χ2v) is 8.06.